The largest absolute Gasteiger partial charge is 0.0654 e. The van der Waals surface area contributed by atoms with Gasteiger partial charge in [0.1, 0.15) is 0 Å². The molecular weight excluding hydrogens is 252 g/mol. The van der Waals surface area contributed by atoms with Crippen LogP contribution in [0.3, 0.4) is 0 Å². The molecule has 1 saturated carbocycles. The summed E-state index contributed by atoms with van der Waals surface area (Å²) in [5, 5.41) is 0. The molecule has 1 fully saturated rings. The second-order valence-corrected chi connectivity index (χ2v) is 6.46. The van der Waals surface area contributed by atoms with Crippen LogP contribution in [0.4, 0.5) is 0 Å². The second kappa shape index (κ2) is 6.93. The van der Waals surface area contributed by atoms with Crippen molar-refractivity contribution in [2.24, 2.45) is 5.92 Å². The van der Waals surface area contributed by atoms with E-state index in [1.807, 2.05) is 0 Å². The summed E-state index contributed by atoms with van der Waals surface area (Å²) in [7, 11) is 0. The molecule has 21 heavy (non-hydrogen) atoms. The van der Waals surface area contributed by atoms with E-state index in [1.165, 1.54) is 49.7 Å². The molecular formula is C21H26. The summed E-state index contributed by atoms with van der Waals surface area (Å²) in [6.07, 6.45) is 8.34. The van der Waals surface area contributed by atoms with E-state index in [9.17, 15) is 0 Å². The van der Waals surface area contributed by atoms with Crippen molar-refractivity contribution in [3.8, 4) is 11.1 Å². The first-order chi connectivity index (χ1) is 10.4. The Morgan fingerprint density at radius 3 is 2.19 bits per heavy atom. The van der Waals surface area contributed by atoms with Gasteiger partial charge in [-0.05, 0) is 54.2 Å². The summed E-state index contributed by atoms with van der Waals surface area (Å²) < 4.78 is 0. The van der Waals surface area contributed by atoms with Crippen LogP contribution in [-0.2, 0) is 0 Å². The quantitative estimate of drug-likeness (QED) is 0.604. The lowest BCUT2D eigenvalue weighted by molar-refractivity contribution is 0.308. The third-order valence-corrected chi connectivity index (χ3v) is 5.03. The maximum atomic E-state index is 2.35. The molecule has 2 aromatic carbocycles. The number of benzene rings is 2. The monoisotopic (exact) mass is 278 g/mol. The lowest BCUT2D eigenvalue weighted by Gasteiger charge is -2.30. The van der Waals surface area contributed by atoms with Gasteiger partial charge in [0, 0.05) is 0 Å². The normalized spacial score (nSPS) is 22.1. The fourth-order valence-corrected chi connectivity index (χ4v) is 3.90. The Morgan fingerprint density at radius 2 is 1.48 bits per heavy atom. The molecule has 1 aliphatic carbocycles. The van der Waals surface area contributed by atoms with Crippen molar-refractivity contribution in [1.82, 2.24) is 0 Å². The molecule has 0 radical (unpaired) electrons. The summed E-state index contributed by atoms with van der Waals surface area (Å²) in [4.78, 5) is 0. The molecule has 0 bridgehead atoms. The molecule has 0 unspecified atom stereocenters. The van der Waals surface area contributed by atoms with Crippen LogP contribution in [0.2, 0.25) is 0 Å². The highest BCUT2D eigenvalue weighted by molar-refractivity contribution is 5.68. The highest BCUT2D eigenvalue weighted by Gasteiger charge is 2.23. The lowest BCUT2D eigenvalue weighted by atomic mass is 9.75. The molecule has 0 saturated heterocycles. The van der Waals surface area contributed by atoms with Gasteiger partial charge in [0.15, 0.2) is 0 Å². The zero-order valence-electron chi connectivity index (χ0n) is 13.1. The number of hydrogen-bond donors (Lipinski definition) is 0. The fraction of sp³-hybridized carbons (Fsp3) is 0.429. The summed E-state index contributed by atoms with van der Waals surface area (Å²) in [6.45, 7) is 2.32. The predicted octanol–water partition coefficient (Wildman–Crippen LogP) is 6.43. The van der Waals surface area contributed by atoms with Gasteiger partial charge >= 0.3 is 0 Å². The van der Waals surface area contributed by atoms with Gasteiger partial charge < -0.3 is 0 Å². The number of rotatable bonds is 4. The minimum Gasteiger partial charge on any atom is -0.0654 e. The van der Waals surface area contributed by atoms with Crippen LogP contribution in [0.1, 0.15) is 56.9 Å². The topological polar surface area (TPSA) is 0 Å². The fourth-order valence-electron chi connectivity index (χ4n) is 3.90. The molecule has 0 amide bonds. The van der Waals surface area contributed by atoms with E-state index in [1.54, 1.807) is 5.56 Å². The molecule has 0 nitrogen and oxygen atoms in total. The van der Waals surface area contributed by atoms with E-state index in [-0.39, 0.29) is 0 Å². The molecule has 0 aromatic heterocycles. The Morgan fingerprint density at radius 1 is 0.810 bits per heavy atom. The third-order valence-electron chi connectivity index (χ3n) is 5.03. The van der Waals surface area contributed by atoms with Gasteiger partial charge in [0.2, 0.25) is 0 Å². The molecule has 1 aliphatic rings. The van der Waals surface area contributed by atoms with Crippen LogP contribution in [0.15, 0.2) is 54.6 Å². The molecule has 2 aromatic rings. The summed E-state index contributed by atoms with van der Waals surface area (Å²) in [6, 6.07) is 19.9. The van der Waals surface area contributed by atoms with E-state index in [2.05, 4.69) is 61.5 Å². The molecule has 0 atom stereocenters. The van der Waals surface area contributed by atoms with Gasteiger partial charge in [-0.25, -0.2) is 0 Å². The first kappa shape index (κ1) is 14.4. The smallest absolute Gasteiger partial charge is 0.0149 e. The zero-order valence-corrected chi connectivity index (χ0v) is 13.1. The molecule has 3 rings (SSSR count). The van der Waals surface area contributed by atoms with Crippen LogP contribution in [0.25, 0.3) is 11.1 Å². The number of hydrogen-bond acceptors (Lipinski definition) is 0. The first-order valence-electron chi connectivity index (χ1n) is 8.53. The highest BCUT2D eigenvalue weighted by Crippen LogP contribution is 2.40. The Hall–Kier alpha value is -1.56. The van der Waals surface area contributed by atoms with Crippen molar-refractivity contribution in [1.29, 1.82) is 0 Å². The maximum absolute atomic E-state index is 2.35. The summed E-state index contributed by atoms with van der Waals surface area (Å²) in [5.41, 5.74) is 4.37. The van der Waals surface area contributed by atoms with Gasteiger partial charge in [0.25, 0.3) is 0 Å². The minimum absolute atomic E-state index is 0.759. The average Bonchev–Trinajstić information content (AvgIpc) is 2.57. The van der Waals surface area contributed by atoms with Crippen molar-refractivity contribution in [2.45, 2.75) is 51.4 Å². The van der Waals surface area contributed by atoms with Crippen LogP contribution in [0.5, 0.6) is 0 Å². The highest BCUT2D eigenvalue weighted by atomic mass is 14.3. The van der Waals surface area contributed by atoms with Crippen LogP contribution < -0.4 is 0 Å². The zero-order chi connectivity index (χ0) is 14.5. The van der Waals surface area contributed by atoms with Crippen LogP contribution in [0, 0.1) is 5.92 Å². The second-order valence-electron chi connectivity index (χ2n) is 6.46. The van der Waals surface area contributed by atoms with E-state index in [0.717, 1.165) is 11.8 Å². The van der Waals surface area contributed by atoms with Crippen molar-refractivity contribution in [3.05, 3.63) is 60.2 Å². The Labute approximate surface area is 129 Å². The maximum Gasteiger partial charge on any atom is -0.0149 e. The molecule has 0 spiro atoms. The Kier molecular flexibility index (Phi) is 4.75. The standard InChI is InChI=1S/C21H26/c1-2-8-17-13-15-19(16-14-17)21-12-7-6-11-20(21)18-9-4-3-5-10-18/h3-7,9-12,17,19H,2,8,13-16H2,1H3. The van der Waals surface area contributed by atoms with Crippen LogP contribution in [-0.4, -0.2) is 0 Å². The lowest BCUT2D eigenvalue weighted by Crippen LogP contribution is -2.13. The van der Waals surface area contributed by atoms with Crippen LogP contribution >= 0.6 is 0 Å². The predicted molar refractivity (Wildman–Crippen MR) is 91.5 cm³/mol. The SMILES string of the molecule is CCCC1CCC(c2ccccc2-c2ccccc2)CC1. The van der Waals surface area contributed by atoms with Gasteiger partial charge in [-0.3, -0.25) is 0 Å². The van der Waals surface area contributed by atoms with Crippen molar-refractivity contribution in [2.75, 3.05) is 0 Å². The molecule has 0 aliphatic heterocycles. The van der Waals surface area contributed by atoms with E-state index in [0.29, 0.717) is 0 Å². The molecule has 0 heterocycles. The summed E-state index contributed by atoms with van der Waals surface area (Å²) in [5.74, 6) is 1.74. The van der Waals surface area contributed by atoms with Gasteiger partial charge in [-0.2, -0.15) is 0 Å². The van der Waals surface area contributed by atoms with Crippen molar-refractivity contribution < 1.29 is 0 Å². The van der Waals surface area contributed by atoms with E-state index in [4.69, 9.17) is 0 Å². The third kappa shape index (κ3) is 3.37. The molecule has 110 valence electrons. The summed E-state index contributed by atoms with van der Waals surface area (Å²) >= 11 is 0. The molecule has 0 N–H and O–H groups in total. The minimum atomic E-state index is 0.759. The first-order valence-corrected chi connectivity index (χ1v) is 8.53. The van der Waals surface area contributed by atoms with Crippen molar-refractivity contribution >= 4 is 0 Å². The van der Waals surface area contributed by atoms with E-state index >= 15 is 0 Å². The molecule has 0 heteroatoms. The Balaban J connectivity index is 1.81. The van der Waals surface area contributed by atoms with Gasteiger partial charge in [-0.15, -0.1) is 0 Å². The van der Waals surface area contributed by atoms with E-state index < -0.39 is 0 Å². The van der Waals surface area contributed by atoms with Crippen molar-refractivity contribution in [3.63, 3.8) is 0 Å². The van der Waals surface area contributed by atoms with Gasteiger partial charge in [-0.1, -0.05) is 74.4 Å². The van der Waals surface area contributed by atoms with Gasteiger partial charge in [0.05, 0.1) is 0 Å². The average molecular weight is 278 g/mol. The Bertz CT molecular complexity index is 547.